The van der Waals surface area contributed by atoms with Crippen LogP contribution in [-0.4, -0.2) is 9.38 Å². The SMILES string of the molecule is Cc1cc(Br)cn2c(N)c(-c3cc(F)c(F)cc3F)nc12. The monoisotopic (exact) mass is 355 g/mol. The highest BCUT2D eigenvalue weighted by Crippen LogP contribution is 2.31. The van der Waals surface area contributed by atoms with E-state index >= 15 is 0 Å². The van der Waals surface area contributed by atoms with Gasteiger partial charge >= 0.3 is 0 Å². The molecule has 0 unspecified atom stereocenters. The molecule has 0 aliphatic carbocycles. The number of aromatic nitrogens is 2. The highest BCUT2D eigenvalue weighted by Gasteiger charge is 2.19. The van der Waals surface area contributed by atoms with Gasteiger partial charge in [0, 0.05) is 22.3 Å². The first-order valence-electron chi connectivity index (χ1n) is 5.97. The molecule has 2 N–H and O–H groups in total. The molecule has 0 bridgehead atoms. The molecule has 3 aromatic rings. The lowest BCUT2D eigenvalue weighted by molar-refractivity contribution is 0.496. The third kappa shape index (κ3) is 2.17. The number of anilines is 1. The predicted octanol–water partition coefficient (Wildman–Crippen LogP) is 4.07. The molecule has 3 nitrogen and oxygen atoms in total. The van der Waals surface area contributed by atoms with Crippen LogP contribution in [-0.2, 0) is 0 Å². The molecule has 2 aromatic heterocycles. The van der Waals surface area contributed by atoms with Crippen LogP contribution in [0.2, 0.25) is 0 Å². The minimum absolute atomic E-state index is 0.0765. The van der Waals surface area contributed by atoms with Gasteiger partial charge in [0.25, 0.3) is 0 Å². The highest BCUT2D eigenvalue weighted by atomic mass is 79.9. The summed E-state index contributed by atoms with van der Waals surface area (Å²) >= 11 is 3.33. The first-order valence-corrected chi connectivity index (χ1v) is 6.76. The minimum atomic E-state index is -1.25. The molecule has 108 valence electrons. The molecule has 1 aromatic carbocycles. The zero-order valence-corrected chi connectivity index (χ0v) is 12.4. The zero-order valence-electron chi connectivity index (χ0n) is 10.8. The molecule has 0 aliphatic heterocycles. The van der Waals surface area contributed by atoms with E-state index in [1.54, 1.807) is 10.6 Å². The van der Waals surface area contributed by atoms with E-state index < -0.39 is 17.5 Å². The van der Waals surface area contributed by atoms with Crippen molar-refractivity contribution >= 4 is 27.4 Å². The fourth-order valence-corrected chi connectivity index (χ4v) is 2.74. The Bertz CT molecular complexity index is 874. The van der Waals surface area contributed by atoms with Gasteiger partial charge in [-0.1, -0.05) is 0 Å². The van der Waals surface area contributed by atoms with Gasteiger partial charge in [0.2, 0.25) is 0 Å². The average molecular weight is 356 g/mol. The second kappa shape index (κ2) is 4.77. The number of nitrogens with two attached hydrogens (primary N) is 1. The molecule has 0 atom stereocenters. The summed E-state index contributed by atoms with van der Waals surface area (Å²) in [7, 11) is 0. The quantitative estimate of drug-likeness (QED) is 0.668. The Morgan fingerprint density at radius 2 is 1.76 bits per heavy atom. The van der Waals surface area contributed by atoms with Crippen molar-refractivity contribution in [2.75, 3.05) is 5.73 Å². The van der Waals surface area contributed by atoms with Gasteiger partial charge < -0.3 is 5.73 Å². The topological polar surface area (TPSA) is 43.3 Å². The van der Waals surface area contributed by atoms with E-state index in [0.717, 1.165) is 16.1 Å². The second-order valence-electron chi connectivity index (χ2n) is 4.63. The summed E-state index contributed by atoms with van der Waals surface area (Å²) in [6.45, 7) is 1.82. The van der Waals surface area contributed by atoms with Gasteiger partial charge in [-0.05, 0) is 40.5 Å². The number of hydrogen-bond donors (Lipinski definition) is 1. The van der Waals surface area contributed by atoms with Gasteiger partial charge in [0.05, 0.1) is 0 Å². The maximum Gasteiger partial charge on any atom is 0.161 e. The van der Waals surface area contributed by atoms with Crippen molar-refractivity contribution in [2.45, 2.75) is 6.92 Å². The summed E-state index contributed by atoms with van der Waals surface area (Å²) in [5.74, 6) is -3.17. The van der Waals surface area contributed by atoms with Crippen molar-refractivity contribution in [2.24, 2.45) is 0 Å². The van der Waals surface area contributed by atoms with Crippen molar-refractivity contribution in [3.05, 3.63) is 51.9 Å². The summed E-state index contributed by atoms with van der Waals surface area (Å²) in [4.78, 5) is 4.24. The molecule has 0 fully saturated rings. The van der Waals surface area contributed by atoms with E-state index in [1.165, 1.54) is 0 Å². The van der Waals surface area contributed by atoms with Crippen LogP contribution in [0.15, 0.2) is 28.9 Å². The number of nitrogens with zero attached hydrogens (tertiary/aromatic N) is 2. The van der Waals surface area contributed by atoms with Gasteiger partial charge in [-0.15, -0.1) is 0 Å². The van der Waals surface area contributed by atoms with Crippen molar-refractivity contribution in [3.8, 4) is 11.3 Å². The lowest BCUT2D eigenvalue weighted by Crippen LogP contribution is -1.97. The molecule has 0 aliphatic rings. The van der Waals surface area contributed by atoms with Crippen molar-refractivity contribution < 1.29 is 13.2 Å². The second-order valence-corrected chi connectivity index (χ2v) is 5.54. The van der Waals surface area contributed by atoms with Gasteiger partial charge in [-0.2, -0.15) is 0 Å². The molecule has 0 saturated heterocycles. The average Bonchev–Trinajstić information content (AvgIpc) is 2.72. The van der Waals surface area contributed by atoms with E-state index in [1.807, 2.05) is 13.0 Å². The van der Waals surface area contributed by atoms with Crippen LogP contribution >= 0.6 is 15.9 Å². The van der Waals surface area contributed by atoms with Crippen molar-refractivity contribution in [3.63, 3.8) is 0 Å². The summed E-state index contributed by atoms with van der Waals surface area (Å²) in [5.41, 5.74) is 7.20. The summed E-state index contributed by atoms with van der Waals surface area (Å²) in [5, 5.41) is 0. The Kier molecular flexibility index (Phi) is 3.16. The Hall–Kier alpha value is -2.02. The van der Waals surface area contributed by atoms with Crippen LogP contribution in [0.25, 0.3) is 16.9 Å². The van der Waals surface area contributed by atoms with E-state index in [0.29, 0.717) is 11.7 Å². The molecule has 0 amide bonds. The molecule has 3 rings (SSSR count). The minimum Gasteiger partial charge on any atom is -0.383 e. The molecule has 21 heavy (non-hydrogen) atoms. The molecular formula is C14H9BrF3N3. The first-order chi connectivity index (χ1) is 9.88. The van der Waals surface area contributed by atoms with Crippen LogP contribution in [0.5, 0.6) is 0 Å². The number of pyridine rings is 1. The first kappa shape index (κ1) is 13.9. The van der Waals surface area contributed by atoms with Gasteiger partial charge in [-0.3, -0.25) is 4.40 Å². The van der Waals surface area contributed by atoms with E-state index in [-0.39, 0.29) is 17.1 Å². The maximum atomic E-state index is 13.9. The number of aryl methyl sites for hydroxylation is 1. The zero-order chi connectivity index (χ0) is 15.3. The highest BCUT2D eigenvalue weighted by molar-refractivity contribution is 9.10. The van der Waals surface area contributed by atoms with Gasteiger partial charge in [0.15, 0.2) is 11.6 Å². The van der Waals surface area contributed by atoms with Gasteiger partial charge in [-0.25, -0.2) is 18.2 Å². The number of nitrogen functional groups attached to an aromatic ring is 1. The predicted molar refractivity (Wildman–Crippen MR) is 77.4 cm³/mol. The van der Waals surface area contributed by atoms with Crippen LogP contribution in [0.3, 0.4) is 0 Å². The normalized spacial score (nSPS) is 11.3. The molecule has 2 heterocycles. The van der Waals surface area contributed by atoms with Crippen LogP contribution in [0.4, 0.5) is 19.0 Å². The number of fused-ring (bicyclic) bond motifs is 1. The number of rotatable bonds is 1. The van der Waals surface area contributed by atoms with Gasteiger partial charge in [0.1, 0.15) is 23.0 Å². The summed E-state index contributed by atoms with van der Waals surface area (Å²) in [6, 6.07) is 3.07. The third-order valence-corrected chi connectivity index (χ3v) is 3.61. The lowest BCUT2D eigenvalue weighted by Gasteiger charge is -2.03. The third-order valence-electron chi connectivity index (χ3n) is 3.17. The smallest absolute Gasteiger partial charge is 0.161 e. The fourth-order valence-electron chi connectivity index (χ4n) is 2.19. The summed E-state index contributed by atoms with van der Waals surface area (Å²) in [6.07, 6.45) is 1.67. The lowest BCUT2D eigenvalue weighted by atomic mass is 10.1. The van der Waals surface area contributed by atoms with Crippen LogP contribution < -0.4 is 5.73 Å². The molecular weight excluding hydrogens is 347 g/mol. The Morgan fingerprint density at radius 3 is 2.48 bits per heavy atom. The fraction of sp³-hybridized carbons (Fsp3) is 0.0714. The Labute approximate surface area is 126 Å². The van der Waals surface area contributed by atoms with Crippen LogP contribution in [0, 0.1) is 24.4 Å². The molecule has 0 spiro atoms. The van der Waals surface area contributed by atoms with Crippen molar-refractivity contribution in [1.82, 2.24) is 9.38 Å². The van der Waals surface area contributed by atoms with E-state index in [9.17, 15) is 13.2 Å². The molecule has 7 heteroatoms. The Balaban J connectivity index is 2.34. The number of halogens is 4. The largest absolute Gasteiger partial charge is 0.383 e. The van der Waals surface area contributed by atoms with E-state index in [4.69, 9.17) is 5.73 Å². The summed E-state index contributed by atoms with van der Waals surface area (Å²) < 4.78 is 42.6. The number of imidazole rings is 1. The molecule has 0 radical (unpaired) electrons. The van der Waals surface area contributed by atoms with Crippen molar-refractivity contribution in [1.29, 1.82) is 0 Å². The number of benzene rings is 1. The Morgan fingerprint density at radius 1 is 1.10 bits per heavy atom. The number of hydrogen-bond acceptors (Lipinski definition) is 2. The molecule has 0 saturated carbocycles. The van der Waals surface area contributed by atoms with Crippen LogP contribution in [0.1, 0.15) is 5.56 Å². The van der Waals surface area contributed by atoms with E-state index in [2.05, 4.69) is 20.9 Å². The standard InChI is InChI=1S/C14H9BrF3N3/c1-6-2-7(15)5-21-13(19)12(20-14(6)21)8-3-10(17)11(18)4-9(8)16/h2-5H,19H2,1H3. The maximum absolute atomic E-state index is 13.9.